The molecule has 1 aliphatic carbocycles. The van der Waals surface area contributed by atoms with Crippen molar-refractivity contribution >= 4 is 5.91 Å². The molecule has 0 radical (unpaired) electrons. The highest BCUT2D eigenvalue weighted by atomic mass is 16.2. The largest absolute Gasteiger partial charge is 0.333 e. The smallest absolute Gasteiger partial charge is 0.298 e. The minimum Gasteiger partial charge on any atom is -0.333 e. The predicted molar refractivity (Wildman–Crippen MR) is 61.4 cm³/mol. The number of nitrogens with zero attached hydrogens (tertiary/aromatic N) is 2. The van der Waals surface area contributed by atoms with Gasteiger partial charge in [-0.25, -0.2) is 0 Å². The van der Waals surface area contributed by atoms with E-state index in [0.717, 1.165) is 6.54 Å². The number of hydrogen-bond donors (Lipinski definition) is 0. The van der Waals surface area contributed by atoms with E-state index in [0.29, 0.717) is 0 Å². The van der Waals surface area contributed by atoms with Crippen LogP contribution in [0.2, 0.25) is 0 Å². The van der Waals surface area contributed by atoms with E-state index in [2.05, 4.69) is 30.8 Å². The average Bonchev–Trinajstić information content (AvgIpc) is 2.10. The van der Waals surface area contributed by atoms with Crippen molar-refractivity contribution in [3.8, 4) is 11.8 Å². The highest BCUT2D eigenvalue weighted by Crippen LogP contribution is 2.36. The lowest BCUT2D eigenvalue weighted by Gasteiger charge is -2.48. The van der Waals surface area contributed by atoms with Crippen LogP contribution in [-0.4, -0.2) is 48.9 Å². The molecule has 1 fully saturated rings. The second-order valence-corrected chi connectivity index (χ2v) is 4.51. The summed E-state index contributed by atoms with van der Waals surface area (Å²) in [7, 11) is 6.00. The van der Waals surface area contributed by atoms with Gasteiger partial charge in [-0.2, -0.15) is 0 Å². The fraction of sp³-hybridized carbons (Fsp3) is 0.750. The van der Waals surface area contributed by atoms with Crippen LogP contribution in [0.1, 0.15) is 26.2 Å². The molecule has 0 spiro atoms. The molecule has 1 saturated carbocycles. The summed E-state index contributed by atoms with van der Waals surface area (Å²) in [5, 5.41) is 0. The molecule has 15 heavy (non-hydrogen) atoms. The molecule has 84 valence electrons. The number of likely N-dealkylation sites (N-methyl/N-ethyl adjacent to an activating group) is 2. The zero-order chi connectivity index (χ0) is 11.5. The summed E-state index contributed by atoms with van der Waals surface area (Å²) >= 11 is 0. The molecule has 1 aliphatic rings. The average molecular weight is 208 g/mol. The van der Waals surface area contributed by atoms with Crippen LogP contribution in [0.25, 0.3) is 0 Å². The molecule has 3 heteroatoms. The SMILES string of the molecule is CC#CC(=O)N(C)CC1(N(C)C)CCC1. The van der Waals surface area contributed by atoms with E-state index >= 15 is 0 Å². The van der Waals surface area contributed by atoms with Crippen LogP contribution < -0.4 is 0 Å². The van der Waals surface area contributed by atoms with E-state index in [4.69, 9.17) is 0 Å². The molecule has 0 aromatic carbocycles. The Morgan fingerprint density at radius 3 is 2.27 bits per heavy atom. The van der Waals surface area contributed by atoms with Crippen LogP contribution in [-0.2, 0) is 4.79 Å². The normalized spacial score (nSPS) is 17.7. The molecule has 0 unspecified atom stereocenters. The topological polar surface area (TPSA) is 23.6 Å². The van der Waals surface area contributed by atoms with Gasteiger partial charge < -0.3 is 9.80 Å². The second kappa shape index (κ2) is 4.67. The third kappa shape index (κ3) is 2.51. The maximum Gasteiger partial charge on any atom is 0.298 e. The fourth-order valence-corrected chi connectivity index (χ4v) is 2.05. The van der Waals surface area contributed by atoms with E-state index in [1.807, 2.05) is 7.05 Å². The number of carbonyl (C=O) groups is 1. The van der Waals surface area contributed by atoms with Crippen molar-refractivity contribution in [2.24, 2.45) is 0 Å². The Labute approximate surface area is 92.4 Å². The lowest BCUT2D eigenvalue weighted by atomic mass is 9.75. The first-order chi connectivity index (χ1) is 7.02. The standard InChI is InChI=1S/C12H20N2O/c1-5-7-11(15)14(4)10-12(13(2)3)8-6-9-12/h6,8-10H2,1-4H3. The highest BCUT2D eigenvalue weighted by Gasteiger charge is 2.40. The Balaban J connectivity index is 2.58. The minimum atomic E-state index is -0.0781. The molecule has 0 aromatic rings. The van der Waals surface area contributed by atoms with Crippen molar-refractivity contribution in [1.82, 2.24) is 9.80 Å². The van der Waals surface area contributed by atoms with Gasteiger partial charge in [-0.1, -0.05) is 5.92 Å². The van der Waals surface area contributed by atoms with Crippen molar-refractivity contribution in [2.45, 2.75) is 31.7 Å². The molecule has 0 bridgehead atoms. The minimum absolute atomic E-state index is 0.0781. The van der Waals surface area contributed by atoms with Gasteiger partial charge in [0.2, 0.25) is 0 Å². The van der Waals surface area contributed by atoms with Gasteiger partial charge >= 0.3 is 0 Å². The van der Waals surface area contributed by atoms with Crippen LogP contribution >= 0.6 is 0 Å². The summed E-state index contributed by atoms with van der Waals surface area (Å²) in [6, 6.07) is 0. The molecule has 1 amide bonds. The lowest BCUT2D eigenvalue weighted by Crippen LogP contribution is -2.57. The maximum absolute atomic E-state index is 11.5. The molecule has 0 aromatic heterocycles. The number of carbonyl (C=O) groups excluding carboxylic acids is 1. The van der Waals surface area contributed by atoms with Gasteiger partial charge in [0.1, 0.15) is 0 Å². The van der Waals surface area contributed by atoms with E-state index in [9.17, 15) is 4.79 Å². The third-order valence-corrected chi connectivity index (χ3v) is 3.34. The van der Waals surface area contributed by atoms with E-state index in [1.165, 1.54) is 19.3 Å². The van der Waals surface area contributed by atoms with Crippen LogP contribution in [0.15, 0.2) is 0 Å². The third-order valence-electron chi connectivity index (χ3n) is 3.34. The van der Waals surface area contributed by atoms with Gasteiger partial charge in [-0.15, -0.1) is 0 Å². The first-order valence-electron chi connectivity index (χ1n) is 5.37. The number of rotatable bonds is 3. The van der Waals surface area contributed by atoms with Crippen LogP contribution in [0, 0.1) is 11.8 Å². The maximum atomic E-state index is 11.5. The van der Waals surface area contributed by atoms with E-state index in [1.54, 1.807) is 11.8 Å². The zero-order valence-corrected chi connectivity index (χ0v) is 10.1. The van der Waals surface area contributed by atoms with Crippen molar-refractivity contribution in [2.75, 3.05) is 27.7 Å². The molecular weight excluding hydrogens is 188 g/mol. The summed E-state index contributed by atoms with van der Waals surface area (Å²) in [6.07, 6.45) is 3.62. The Kier molecular flexibility index (Phi) is 3.76. The summed E-state index contributed by atoms with van der Waals surface area (Å²) in [5.74, 6) is 5.14. The Morgan fingerprint density at radius 2 is 1.93 bits per heavy atom. The van der Waals surface area contributed by atoms with Crippen molar-refractivity contribution in [1.29, 1.82) is 0 Å². The summed E-state index contributed by atoms with van der Waals surface area (Å²) in [5.41, 5.74) is 0.194. The first kappa shape index (κ1) is 12.1. The quantitative estimate of drug-likeness (QED) is 0.645. The summed E-state index contributed by atoms with van der Waals surface area (Å²) in [6.45, 7) is 2.48. The molecule has 1 rings (SSSR count). The van der Waals surface area contributed by atoms with Crippen LogP contribution in [0.4, 0.5) is 0 Å². The lowest BCUT2D eigenvalue weighted by molar-refractivity contribution is -0.126. The van der Waals surface area contributed by atoms with E-state index in [-0.39, 0.29) is 11.4 Å². The van der Waals surface area contributed by atoms with Gasteiger partial charge in [0.15, 0.2) is 0 Å². The highest BCUT2D eigenvalue weighted by molar-refractivity contribution is 5.93. The van der Waals surface area contributed by atoms with Crippen molar-refractivity contribution < 1.29 is 4.79 Å². The second-order valence-electron chi connectivity index (χ2n) is 4.51. The fourth-order valence-electron chi connectivity index (χ4n) is 2.05. The van der Waals surface area contributed by atoms with Crippen molar-refractivity contribution in [3.05, 3.63) is 0 Å². The zero-order valence-electron chi connectivity index (χ0n) is 10.1. The van der Waals surface area contributed by atoms with Crippen molar-refractivity contribution in [3.63, 3.8) is 0 Å². The summed E-state index contributed by atoms with van der Waals surface area (Å²) in [4.78, 5) is 15.5. The molecule has 0 N–H and O–H groups in total. The molecule has 0 heterocycles. The Bertz CT molecular complexity index is 294. The molecule has 0 aliphatic heterocycles. The van der Waals surface area contributed by atoms with Gasteiger partial charge in [0.05, 0.1) is 0 Å². The first-order valence-corrected chi connectivity index (χ1v) is 5.37. The monoisotopic (exact) mass is 208 g/mol. The van der Waals surface area contributed by atoms with E-state index < -0.39 is 0 Å². The number of hydrogen-bond acceptors (Lipinski definition) is 2. The Morgan fingerprint density at radius 1 is 1.33 bits per heavy atom. The molecular formula is C12H20N2O. The molecule has 0 saturated heterocycles. The summed E-state index contributed by atoms with van der Waals surface area (Å²) < 4.78 is 0. The van der Waals surface area contributed by atoms with Crippen LogP contribution in [0.5, 0.6) is 0 Å². The van der Waals surface area contributed by atoms with Gasteiger partial charge in [0.25, 0.3) is 5.91 Å². The van der Waals surface area contributed by atoms with Crippen LogP contribution in [0.3, 0.4) is 0 Å². The Hall–Kier alpha value is -1.01. The predicted octanol–water partition coefficient (Wildman–Crippen LogP) is 0.952. The number of amides is 1. The molecule has 3 nitrogen and oxygen atoms in total. The van der Waals surface area contributed by atoms with Gasteiger partial charge in [-0.05, 0) is 46.2 Å². The van der Waals surface area contributed by atoms with Gasteiger partial charge in [-0.3, -0.25) is 4.79 Å². The molecule has 0 atom stereocenters. The van der Waals surface area contributed by atoms with Gasteiger partial charge in [0, 0.05) is 19.1 Å².